The first-order chi connectivity index (χ1) is 16.8. The van der Waals surface area contributed by atoms with Crippen LogP contribution < -0.4 is 0 Å². The second-order valence-corrected chi connectivity index (χ2v) is 12.5. The van der Waals surface area contributed by atoms with Crippen LogP contribution in [0.3, 0.4) is 0 Å². The second kappa shape index (κ2) is 12.7. The van der Waals surface area contributed by atoms with Gasteiger partial charge in [-0.25, -0.2) is 0 Å². The molecular weight excluding hydrogens is 666 g/mol. The largest absolute Gasteiger partial charge is 0.460 e. The fourth-order valence-electron chi connectivity index (χ4n) is 2.43. The molecule has 0 bridgehead atoms. The number of rotatable bonds is 4. The van der Waals surface area contributed by atoms with Crippen molar-refractivity contribution in [2.24, 2.45) is 0 Å². The Bertz CT molecular complexity index is 1040. The summed E-state index contributed by atoms with van der Waals surface area (Å²) in [5.74, 6) is -14.5. The molecule has 0 N–H and O–H groups in total. The molecule has 0 fully saturated rings. The molecule has 38 heavy (non-hydrogen) atoms. The fraction of sp³-hybridized carbons (Fsp3) is 0.500. The van der Waals surface area contributed by atoms with Gasteiger partial charge >= 0.3 is 33.4 Å². The highest BCUT2D eigenvalue weighted by molar-refractivity contribution is 14.1. The molecule has 218 valence electrons. The Balaban J connectivity index is 0.000000579. The van der Waals surface area contributed by atoms with Crippen molar-refractivity contribution in [2.45, 2.75) is 75.6 Å². The lowest BCUT2D eigenvalue weighted by atomic mass is 9.87. The van der Waals surface area contributed by atoms with Gasteiger partial charge in [-0.05, 0) is 22.0 Å². The lowest BCUT2D eigenvalue weighted by Gasteiger charge is -2.32. The first-order valence-electron chi connectivity index (χ1n) is 10.6. The van der Waals surface area contributed by atoms with E-state index < -0.39 is 33.4 Å². The minimum absolute atomic E-state index is 0.117. The van der Waals surface area contributed by atoms with E-state index >= 15 is 0 Å². The first-order valence-corrected chi connectivity index (χ1v) is 12.9. The molecule has 2 aromatic rings. The van der Waals surface area contributed by atoms with Gasteiger partial charge in [0, 0.05) is 0 Å². The maximum absolute atomic E-state index is 12.6. The summed E-state index contributed by atoms with van der Waals surface area (Å²) in [4.78, 5) is 0. The topological polar surface area (TPSA) is 43.4 Å². The van der Waals surface area contributed by atoms with Gasteiger partial charge in [-0.2, -0.15) is 50.4 Å². The van der Waals surface area contributed by atoms with Gasteiger partial charge in [-0.3, -0.25) is 0 Å². The Labute approximate surface area is 230 Å². The van der Waals surface area contributed by atoms with Gasteiger partial charge in [0.05, 0.1) is 0 Å². The Morgan fingerprint density at radius 1 is 0.579 bits per heavy atom. The van der Waals surface area contributed by atoms with E-state index in [2.05, 4.69) is 105 Å². The van der Waals surface area contributed by atoms with Crippen LogP contribution in [-0.2, 0) is 23.5 Å². The fourth-order valence-corrected chi connectivity index (χ4v) is 3.63. The highest BCUT2D eigenvalue weighted by Crippen LogP contribution is 2.55. The third-order valence-corrected chi connectivity index (χ3v) is 7.26. The molecule has 0 spiro atoms. The van der Waals surface area contributed by atoms with Gasteiger partial charge < -0.3 is 0 Å². The van der Waals surface area contributed by atoms with E-state index in [0.29, 0.717) is 10.8 Å². The SMILES string of the molecule is CC(C)(C)c1ccccc1.CC(C)(C)c1ccccc1.O=S(=O)(OI)C(F)(F)C(F)(F)C(F)(F)C(F)(F)F. The van der Waals surface area contributed by atoms with Crippen LogP contribution in [0.5, 0.6) is 0 Å². The summed E-state index contributed by atoms with van der Waals surface area (Å²) in [6.45, 7) is 13.3. The molecule has 2 aromatic carbocycles. The quantitative estimate of drug-likeness (QED) is 0.237. The first kappa shape index (κ1) is 36.5. The zero-order valence-corrected chi connectivity index (χ0v) is 24.2. The summed E-state index contributed by atoms with van der Waals surface area (Å²) in [6.07, 6.45) is -7.08. The Morgan fingerprint density at radius 3 is 1.05 bits per heavy atom. The van der Waals surface area contributed by atoms with E-state index in [-0.39, 0.29) is 23.0 Å². The minimum atomic E-state index is -7.27. The highest BCUT2D eigenvalue weighted by Gasteiger charge is 2.85. The van der Waals surface area contributed by atoms with Crippen LogP contribution in [0.1, 0.15) is 52.7 Å². The molecule has 0 saturated carbocycles. The molecular formula is C24H28F9IO3S. The van der Waals surface area contributed by atoms with Crippen LogP contribution in [0, 0.1) is 0 Å². The number of alkyl halides is 9. The van der Waals surface area contributed by atoms with Crippen LogP contribution >= 0.6 is 23.0 Å². The van der Waals surface area contributed by atoms with Crippen molar-refractivity contribution in [3.8, 4) is 0 Å². The summed E-state index contributed by atoms with van der Waals surface area (Å²) in [5.41, 5.74) is 3.38. The zero-order chi connectivity index (χ0) is 30.4. The number of hydrogen-bond donors (Lipinski definition) is 0. The summed E-state index contributed by atoms with van der Waals surface area (Å²) in [7, 11) is -6.68. The molecule has 0 aliphatic rings. The van der Waals surface area contributed by atoms with E-state index in [0.717, 1.165) is 0 Å². The smallest absolute Gasteiger partial charge is 0.194 e. The van der Waals surface area contributed by atoms with Crippen molar-refractivity contribution in [3.05, 3.63) is 71.8 Å². The van der Waals surface area contributed by atoms with Crippen molar-refractivity contribution < 1.29 is 50.4 Å². The molecule has 0 atom stereocenters. The van der Waals surface area contributed by atoms with Crippen molar-refractivity contribution in [1.82, 2.24) is 0 Å². The van der Waals surface area contributed by atoms with Gasteiger partial charge in [0.15, 0.2) is 0 Å². The van der Waals surface area contributed by atoms with E-state index in [4.69, 9.17) is 0 Å². The van der Waals surface area contributed by atoms with E-state index in [1.54, 1.807) is 0 Å². The standard InChI is InChI=1S/2C10H14.C4F9IO3S/c2*1-10(2,3)9-7-5-4-6-8-9;5-1(6,3(9,10)11)2(7,8)4(12,13)18(15,16)17-14/h2*4-8H,1-3H3;. The van der Waals surface area contributed by atoms with Crippen molar-refractivity contribution in [2.75, 3.05) is 0 Å². The molecule has 0 amide bonds. The summed E-state index contributed by atoms with van der Waals surface area (Å²) in [6, 6.07) is 21.1. The summed E-state index contributed by atoms with van der Waals surface area (Å²) in [5, 5.41) is -6.78. The van der Waals surface area contributed by atoms with Crippen LogP contribution in [0.25, 0.3) is 0 Å². The Hall–Kier alpha value is -1.55. The van der Waals surface area contributed by atoms with E-state index in [1.165, 1.54) is 11.1 Å². The van der Waals surface area contributed by atoms with Crippen molar-refractivity contribution >= 4 is 33.1 Å². The summed E-state index contributed by atoms with van der Waals surface area (Å²) >= 11 is 0.117. The molecule has 14 heteroatoms. The summed E-state index contributed by atoms with van der Waals surface area (Å²) < 4.78 is 132. The molecule has 0 aliphatic carbocycles. The number of benzene rings is 2. The molecule has 0 unspecified atom stereocenters. The predicted octanol–water partition coefficient (Wildman–Crippen LogP) is 9.08. The molecule has 0 aromatic heterocycles. The number of halogens is 10. The lowest BCUT2D eigenvalue weighted by Crippen LogP contribution is -2.63. The normalized spacial score (nSPS) is 13.6. The Morgan fingerprint density at radius 2 is 0.868 bits per heavy atom. The second-order valence-electron chi connectivity index (χ2n) is 9.91. The zero-order valence-electron chi connectivity index (χ0n) is 21.2. The third-order valence-electron chi connectivity index (χ3n) is 4.79. The van der Waals surface area contributed by atoms with Gasteiger partial charge in [0.1, 0.15) is 23.0 Å². The minimum Gasteiger partial charge on any atom is -0.194 e. The van der Waals surface area contributed by atoms with Crippen LogP contribution in [-0.4, -0.2) is 31.7 Å². The lowest BCUT2D eigenvalue weighted by molar-refractivity contribution is -0.382. The monoisotopic (exact) mass is 694 g/mol. The number of hydrogen-bond acceptors (Lipinski definition) is 3. The van der Waals surface area contributed by atoms with Gasteiger partial charge in [-0.15, -0.1) is 0 Å². The Kier molecular flexibility index (Phi) is 12.2. The highest BCUT2D eigenvalue weighted by atomic mass is 127. The van der Waals surface area contributed by atoms with Gasteiger partial charge in [0.2, 0.25) is 0 Å². The third kappa shape index (κ3) is 9.00. The maximum Gasteiger partial charge on any atom is 0.460 e. The molecule has 0 saturated heterocycles. The van der Waals surface area contributed by atoms with Gasteiger partial charge in [-0.1, -0.05) is 102 Å². The van der Waals surface area contributed by atoms with Crippen LogP contribution in [0.15, 0.2) is 60.7 Å². The van der Waals surface area contributed by atoms with Crippen molar-refractivity contribution in [1.29, 1.82) is 0 Å². The van der Waals surface area contributed by atoms with Crippen LogP contribution in [0.4, 0.5) is 39.5 Å². The molecule has 0 radical (unpaired) electrons. The molecule has 2 rings (SSSR count). The van der Waals surface area contributed by atoms with Crippen molar-refractivity contribution in [3.63, 3.8) is 0 Å². The maximum atomic E-state index is 12.6. The average molecular weight is 694 g/mol. The van der Waals surface area contributed by atoms with Gasteiger partial charge in [0.25, 0.3) is 0 Å². The molecule has 0 aliphatic heterocycles. The molecule has 0 heterocycles. The molecule has 3 nitrogen and oxygen atoms in total. The predicted molar refractivity (Wildman–Crippen MR) is 135 cm³/mol. The van der Waals surface area contributed by atoms with E-state index in [1.807, 2.05) is 0 Å². The average Bonchev–Trinajstić information content (AvgIpc) is 2.79. The van der Waals surface area contributed by atoms with Crippen LogP contribution in [0.2, 0.25) is 0 Å². The van der Waals surface area contributed by atoms with E-state index in [9.17, 15) is 47.9 Å².